The van der Waals surface area contributed by atoms with Crippen LogP contribution in [0.3, 0.4) is 0 Å². The summed E-state index contributed by atoms with van der Waals surface area (Å²) >= 11 is 1.53. The Hall–Kier alpha value is -2.16. The van der Waals surface area contributed by atoms with Gasteiger partial charge in [0.05, 0.1) is 13.1 Å². The van der Waals surface area contributed by atoms with Gasteiger partial charge in [-0.25, -0.2) is 4.39 Å². The highest BCUT2D eigenvalue weighted by Crippen LogP contribution is 2.14. The third-order valence-electron chi connectivity index (χ3n) is 2.84. The molecule has 21 heavy (non-hydrogen) atoms. The molecule has 0 aliphatic carbocycles. The van der Waals surface area contributed by atoms with Crippen molar-refractivity contribution in [1.29, 1.82) is 0 Å². The number of carbonyl (C=O) groups is 1. The highest BCUT2D eigenvalue weighted by molar-refractivity contribution is 7.10. The molecule has 5 heteroatoms. The molecule has 0 radical (unpaired) electrons. The van der Waals surface area contributed by atoms with E-state index < -0.39 is 0 Å². The van der Waals surface area contributed by atoms with Gasteiger partial charge < -0.3 is 11.1 Å². The maximum Gasteiger partial charge on any atom is 0.251 e. The quantitative estimate of drug-likeness (QED) is 0.856. The Kier molecular flexibility index (Phi) is 5.09. The molecule has 1 heterocycles. The zero-order chi connectivity index (χ0) is 15.2. The van der Waals surface area contributed by atoms with Crippen LogP contribution in [0.1, 0.15) is 26.4 Å². The number of nitrogens with one attached hydrogen (secondary N) is 1. The monoisotopic (exact) mass is 302 g/mol. The van der Waals surface area contributed by atoms with Gasteiger partial charge in [0.15, 0.2) is 0 Å². The Morgan fingerprint density at radius 1 is 1.43 bits per heavy atom. The minimum absolute atomic E-state index is 0.213. The van der Waals surface area contributed by atoms with Crippen molar-refractivity contribution in [3.05, 3.63) is 57.0 Å². The molecule has 3 nitrogen and oxygen atoms in total. The summed E-state index contributed by atoms with van der Waals surface area (Å²) in [6.07, 6.45) is 0. The van der Waals surface area contributed by atoms with Gasteiger partial charge in [-0.2, -0.15) is 0 Å². The van der Waals surface area contributed by atoms with Crippen molar-refractivity contribution in [3.8, 4) is 11.8 Å². The van der Waals surface area contributed by atoms with Crippen LogP contribution in [0.2, 0.25) is 0 Å². The smallest absolute Gasteiger partial charge is 0.251 e. The van der Waals surface area contributed by atoms with Gasteiger partial charge in [0.2, 0.25) is 0 Å². The van der Waals surface area contributed by atoms with Crippen molar-refractivity contribution in [2.45, 2.75) is 13.5 Å². The molecule has 3 N–H and O–H groups in total. The molecule has 1 amide bonds. The molecule has 0 aliphatic rings. The van der Waals surface area contributed by atoms with E-state index in [1.807, 2.05) is 11.4 Å². The lowest BCUT2D eigenvalue weighted by Gasteiger charge is -2.06. The Balaban J connectivity index is 1.99. The van der Waals surface area contributed by atoms with Crippen molar-refractivity contribution in [1.82, 2.24) is 5.32 Å². The molecule has 2 rings (SSSR count). The van der Waals surface area contributed by atoms with E-state index in [1.54, 1.807) is 6.92 Å². The SMILES string of the molecule is Cc1cc(F)ccc1C(=O)NCc1cc(C#CCN)cs1. The van der Waals surface area contributed by atoms with Crippen LogP contribution in [-0.4, -0.2) is 12.5 Å². The number of carbonyl (C=O) groups excluding carboxylic acids is 1. The second kappa shape index (κ2) is 7.02. The molecule has 0 unspecified atom stereocenters. The highest BCUT2D eigenvalue weighted by Gasteiger charge is 2.09. The number of nitrogens with two attached hydrogens (primary N) is 1. The fraction of sp³-hybridized carbons (Fsp3) is 0.188. The van der Waals surface area contributed by atoms with E-state index in [1.165, 1.54) is 29.5 Å². The van der Waals surface area contributed by atoms with E-state index in [-0.39, 0.29) is 11.7 Å². The van der Waals surface area contributed by atoms with Crippen LogP contribution in [0.5, 0.6) is 0 Å². The van der Waals surface area contributed by atoms with E-state index in [9.17, 15) is 9.18 Å². The zero-order valence-electron chi connectivity index (χ0n) is 11.6. The highest BCUT2D eigenvalue weighted by atomic mass is 32.1. The number of aryl methyl sites for hydroxylation is 1. The van der Waals surface area contributed by atoms with Crippen molar-refractivity contribution in [2.24, 2.45) is 5.73 Å². The Morgan fingerprint density at radius 2 is 2.24 bits per heavy atom. The standard InChI is InChI=1S/C16H15FN2OS/c1-11-7-13(17)4-5-15(11)16(20)19-9-14-8-12(10-21-14)3-2-6-18/h4-5,7-8,10H,6,9,18H2,1H3,(H,19,20). The lowest BCUT2D eigenvalue weighted by Crippen LogP contribution is -2.23. The number of hydrogen-bond donors (Lipinski definition) is 2. The molecule has 108 valence electrons. The first-order valence-corrected chi connectivity index (χ1v) is 7.29. The normalized spacial score (nSPS) is 9.86. The first-order chi connectivity index (χ1) is 10.1. The Bertz CT molecular complexity index is 713. The third-order valence-corrected chi connectivity index (χ3v) is 3.78. The summed E-state index contributed by atoms with van der Waals surface area (Å²) in [6.45, 7) is 2.46. The second-order valence-electron chi connectivity index (χ2n) is 4.45. The van der Waals surface area contributed by atoms with Gasteiger partial charge in [-0.15, -0.1) is 11.3 Å². The summed E-state index contributed by atoms with van der Waals surface area (Å²) in [6, 6.07) is 6.05. The molecule has 0 bridgehead atoms. The average Bonchev–Trinajstić information content (AvgIpc) is 2.90. The minimum Gasteiger partial charge on any atom is -0.347 e. The van der Waals surface area contributed by atoms with Crippen molar-refractivity contribution < 1.29 is 9.18 Å². The predicted molar refractivity (Wildman–Crippen MR) is 82.6 cm³/mol. The number of halogens is 1. The Labute approximate surface area is 127 Å². The van der Waals surface area contributed by atoms with Gasteiger partial charge in [-0.05, 0) is 36.8 Å². The maximum absolute atomic E-state index is 13.0. The average molecular weight is 302 g/mol. The first-order valence-electron chi connectivity index (χ1n) is 6.41. The van der Waals surface area contributed by atoms with Crippen LogP contribution in [0.15, 0.2) is 29.6 Å². The van der Waals surface area contributed by atoms with Gasteiger partial charge in [-0.1, -0.05) is 11.8 Å². The molecular weight excluding hydrogens is 287 g/mol. The summed E-state index contributed by atoms with van der Waals surface area (Å²) in [5.74, 6) is 5.17. The van der Waals surface area contributed by atoms with Crippen molar-refractivity contribution in [2.75, 3.05) is 6.54 Å². The van der Waals surface area contributed by atoms with Gasteiger partial charge in [0.25, 0.3) is 5.91 Å². The van der Waals surface area contributed by atoms with Gasteiger partial charge >= 0.3 is 0 Å². The Morgan fingerprint density at radius 3 is 2.95 bits per heavy atom. The topological polar surface area (TPSA) is 55.1 Å². The minimum atomic E-state index is -0.342. The lowest BCUT2D eigenvalue weighted by molar-refractivity contribution is 0.0950. The van der Waals surface area contributed by atoms with Crippen LogP contribution in [0.25, 0.3) is 0 Å². The predicted octanol–water partition coefficient (Wildman–Crippen LogP) is 2.44. The number of rotatable bonds is 3. The lowest BCUT2D eigenvalue weighted by atomic mass is 10.1. The van der Waals surface area contributed by atoms with Crippen LogP contribution in [0, 0.1) is 24.6 Å². The molecule has 0 fully saturated rings. The van der Waals surface area contributed by atoms with Crippen LogP contribution < -0.4 is 11.1 Å². The summed E-state index contributed by atoms with van der Waals surface area (Å²) < 4.78 is 13.0. The molecule has 2 aromatic rings. The fourth-order valence-corrected chi connectivity index (χ4v) is 2.59. The summed E-state index contributed by atoms with van der Waals surface area (Å²) in [5, 5.41) is 4.75. The number of thiophene rings is 1. The summed E-state index contributed by atoms with van der Waals surface area (Å²) in [5.41, 5.74) is 7.31. The van der Waals surface area contributed by atoms with Crippen molar-refractivity contribution >= 4 is 17.2 Å². The summed E-state index contributed by atoms with van der Waals surface area (Å²) in [4.78, 5) is 13.1. The first kappa shape index (κ1) is 15.2. The van der Waals surface area contributed by atoms with Crippen molar-refractivity contribution in [3.63, 3.8) is 0 Å². The molecule has 1 aromatic heterocycles. The van der Waals surface area contributed by atoms with E-state index in [0.717, 1.165) is 10.4 Å². The second-order valence-corrected chi connectivity index (χ2v) is 5.45. The van der Waals surface area contributed by atoms with E-state index in [0.29, 0.717) is 24.2 Å². The fourth-order valence-electron chi connectivity index (χ4n) is 1.84. The molecule has 1 aromatic carbocycles. The van der Waals surface area contributed by atoms with E-state index >= 15 is 0 Å². The maximum atomic E-state index is 13.0. The number of hydrogen-bond acceptors (Lipinski definition) is 3. The van der Waals surface area contributed by atoms with Crippen LogP contribution in [0.4, 0.5) is 4.39 Å². The molecule has 0 spiro atoms. The largest absolute Gasteiger partial charge is 0.347 e. The molecule has 0 saturated heterocycles. The zero-order valence-corrected chi connectivity index (χ0v) is 12.4. The van der Waals surface area contributed by atoms with Crippen LogP contribution in [-0.2, 0) is 6.54 Å². The van der Waals surface area contributed by atoms with Gasteiger partial charge in [0.1, 0.15) is 5.82 Å². The van der Waals surface area contributed by atoms with Gasteiger partial charge in [0, 0.05) is 21.4 Å². The van der Waals surface area contributed by atoms with Crippen LogP contribution >= 0.6 is 11.3 Å². The molecule has 0 atom stereocenters. The number of benzene rings is 1. The van der Waals surface area contributed by atoms with E-state index in [2.05, 4.69) is 17.2 Å². The summed E-state index contributed by atoms with van der Waals surface area (Å²) in [7, 11) is 0. The molecular formula is C16H15FN2OS. The molecule has 0 aliphatic heterocycles. The van der Waals surface area contributed by atoms with E-state index in [4.69, 9.17) is 5.73 Å². The van der Waals surface area contributed by atoms with Gasteiger partial charge in [-0.3, -0.25) is 4.79 Å². The molecule has 0 saturated carbocycles. The third kappa shape index (κ3) is 4.15. The number of amides is 1.